The topological polar surface area (TPSA) is 49.8 Å². The van der Waals surface area contributed by atoms with Crippen molar-refractivity contribution in [3.8, 4) is 5.75 Å². The zero-order valence-electron chi connectivity index (χ0n) is 12.5. The van der Waals surface area contributed by atoms with Crippen molar-refractivity contribution in [3.05, 3.63) is 53.6 Å². The number of carbonyl (C=O) groups is 1. The van der Waals surface area contributed by atoms with Gasteiger partial charge in [-0.15, -0.1) is 0 Å². The summed E-state index contributed by atoms with van der Waals surface area (Å²) in [6, 6.07) is 13.0. The van der Waals surface area contributed by atoms with Gasteiger partial charge in [0.05, 0.1) is 18.4 Å². The minimum atomic E-state index is -0.946. The first-order chi connectivity index (χ1) is 10.1. The minimum absolute atomic E-state index is 0.262. The Morgan fingerprint density at radius 2 is 1.86 bits per heavy atom. The number of hydrogen-bond acceptors (Lipinski definition) is 3. The molecule has 0 fully saturated rings. The zero-order valence-corrected chi connectivity index (χ0v) is 12.5. The molecule has 4 nitrogen and oxygen atoms in total. The number of nitrogens with zero attached hydrogens (tertiary/aromatic N) is 1. The fourth-order valence-corrected chi connectivity index (χ4v) is 2.26. The van der Waals surface area contributed by atoms with E-state index in [0.29, 0.717) is 18.0 Å². The van der Waals surface area contributed by atoms with E-state index in [1.807, 2.05) is 43.0 Å². The maximum atomic E-state index is 11.5. The Balaban J connectivity index is 2.54. The van der Waals surface area contributed by atoms with E-state index >= 15 is 0 Å². The van der Waals surface area contributed by atoms with Crippen LogP contribution in [0.4, 0.5) is 11.4 Å². The van der Waals surface area contributed by atoms with Gasteiger partial charge in [-0.2, -0.15) is 0 Å². The van der Waals surface area contributed by atoms with Crippen molar-refractivity contribution < 1.29 is 14.6 Å². The summed E-state index contributed by atoms with van der Waals surface area (Å²) in [6.45, 7) is 4.68. The third-order valence-corrected chi connectivity index (χ3v) is 3.39. The Bertz CT molecular complexity index is 635. The highest BCUT2D eigenvalue weighted by Crippen LogP contribution is 2.32. The maximum absolute atomic E-state index is 11.5. The first-order valence-electron chi connectivity index (χ1n) is 6.82. The number of benzene rings is 2. The molecule has 1 N–H and O–H groups in total. The maximum Gasteiger partial charge on any atom is 0.337 e. The van der Waals surface area contributed by atoms with Gasteiger partial charge >= 0.3 is 5.97 Å². The number of carboxylic acid groups (broad SMARTS) is 1. The summed E-state index contributed by atoms with van der Waals surface area (Å²) >= 11 is 0. The van der Waals surface area contributed by atoms with Gasteiger partial charge < -0.3 is 14.7 Å². The van der Waals surface area contributed by atoms with E-state index in [2.05, 4.69) is 0 Å². The summed E-state index contributed by atoms with van der Waals surface area (Å²) in [5.74, 6) is -0.307. The molecule has 0 aliphatic rings. The molecule has 0 spiro atoms. The van der Waals surface area contributed by atoms with Gasteiger partial charge in [0.2, 0.25) is 0 Å². The first-order valence-corrected chi connectivity index (χ1v) is 6.82. The van der Waals surface area contributed by atoms with Gasteiger partial charge in [0.1, 0.15) is 5.75 Å². The standard InChI is InChI=1S/C17H19NO3/c1-4-18(13-7-5-12(2)6-8-13)16-11-14(21-3)9-10-15(16)17(19)20/h5-11H,4H2,1-3H3,(H,19,20). The lowest BCUT2D eigenvalue weighted by atomic mass is 10.1. The monoisotopic (exact) mass is 285 g/mol. The summed E-state index contributed by atoms with van der Waals surface area (Å²) in [5, 5.41) is 9.40. The molecule has 0 heterocycles. The van der Waals surface area contributed by atoms with Crippen LogP contribution in [-0.4, -0.2) is 24.7 Å². The molecule has 0 atom stereocenters. The van der Waals surface area contributed by atoms with Gasteiger partial charge in [0.25, 0.3) is 0 Å². The number of aryl methyl sites for hydroxylation is 1. The number of ether oxygens (including phenoxy) is 1. The van der Waals surface area contributed by atoms with Crippen molar-refractivity contribution in [3.63, 3.8) is 0 Å². The Labute approximate surface area is 124 Å². The quantitative estimate of drug-likeness (QED) is 0.906. The summed E-state index contributed by atoms with van der Waals surface area (Å²) in [5.41, 5.74) is 3.02. The summed E-state index contributed by atoms with van der Waals surface area (Å²) in [6.07, 6.45) is 0. The molecule has 0 bridgehead atoms. The van der Waals surface area contributed by atoms with Gasteiger partial charge in [-0.25, -0.2) is 4.79 Å². The minimum Gasteiger partial charge on any atom is -0.497 e. The number of carboxylic acids is 1. The van der Waals surface area contributed by atoms with Crippen LogP contribution in [0.1, 0.15) is 22.8 Å². The molecule has 2 aromatic carbocycles. The molecule has 110 valence electrons. The van der Waals surface area contributed by atoms with Gasteiger partial charge in [-0.05, 0) is 38.1 Å². The molecule has 0 radical (unpaired) electrons. The average Bonchev–Trinajstić information content (AvgIpc) is 2.49. The zero-order chi connectivity index (χ0) is 15.4. The Kier molecular flexibility index (Phi) is 4.48. The number of aromatic carboxylic acids is 1. The van der Waals surface area contributed by atoms with Crippen molar-refractivity contribution >= 4 is 17.3 Å². The third-order valence-electron chi connectivity index (χ3n) is 3.39. The summed E-state index contributed by atoms with van der Waals surface area (Å²) < 4.78 is 5.22. The Hall–Kier alpha value is -2.49. The molecule has 0 aromatic heterocycles. The number of hydrogen-bond donors (Lipinski definition) is 1. The molecule has 4 heteroatoms. The van der Waals surface area contributed by atoms with Crippen molar-refractivity contribution in [1.82, 2.24) is 0 Å². The summed E-state index contributed by atoms with van der Waals surface area (Å²) in [4.78, 5) is 13.4. The lowest BCUT2D eigenvalue weighted by molar-refractivity contribution is 0.0697. The van der Waals surface area contributed by atoms with E-state index in [9.17, 15) is 9.90 Å². The number of rotatable bonds is 5. The highest BCUT2D eigenvalue weighted by atomic mass is 16.5. The number of methoxy groups -OCH3 is 1. The molecule has 0 aliphatic heterocycles. The molecule has 0 amide bonds. The smallest absolute Gasteiger partial charge is 0.337 e. The van der Waals surface area contributed by atoms with Crippen LogP contribution in [0.3, 0.4) is 0 Å². The van der Waals surface area contributed by atoms with E-state index in [1.165, 1.54) is 5.56 Å². The van der Waals surface area contributed by atoms with Gasteiger partial charge in [0, 0.05) is 18.3 Å². The van der Waals surface area contributed by atoms with E-state index in [4.69, 9.17) is 4.74 Å². The fraction of sp³-hybridized carbons (Fsp3) is 0.235. The highest BCUT2D eigenvalue weighted by molar-refractivity contribution is 5.96. The van der Waals surface area contributed by atoms with Crippen LogP contribution in [0.2, 0.25) is 0 Å². The SMILES string of the molecule is CCN(c1ccc(C)cc1)c1cc(OC)ccc1C(=O)O. The first kappa shape index (κ1) is 14.9. The average molecular weight is 285 g/mol. The molecule has 2 aromatic rings. The fourth-order valence-electron chi connectivity index (χ4n) is 2.26. The van der Waals surface area contributed by atoms with Crippen LogP contribution in [0, 0.1) is 6.92 Å². The third kappa shape index (κ3) is 3.16. The Morgan fingerprint density at radius 3 is 2.38 bits per heavy atom. The van der Waals surface area contributed by atoms with Crippen LogP contribution < -0.4 is 9.64 Å². The second-order valence-corrected chi connectivity index (χ2v) is 4.77. The van der Waals surface area contributed by atoms with Gasteiger partial charge in [0.15, 0.2) is 0 Å². The van der Waals surface area contributed by atoms with E-state index in [-0.39, 0.29) is 5.56 Å². The molecule has 0 saturated carbocycles. The second-order valence-electron chi connectivity index (χ2n) is 4.77. The van der Waals surface area contributed by atoms with Crippen LogP contribution in [0.25, 0.3) is 0 Å². The van der Waals surface area contributed by atoms with Crippen LogP contribution >= 0.6 is 0 Å². The lowest BCUT2D eigenvalue weighted by Gasteiger charge is -2.25. The van der Waals surface area contributed by atoms with Crippen molar-refractivity contribution in [2.45, 2.75) is 13.8 Å². The van der Waals surface area contributed by atoms with E-state index in [1.54, 1.807) is 25.3 Å². The summed E-state index contributed by atoms with van der Waals surface area (Å²) in [7, 11) is 1.57. The molecule has 0 aliphatic carbocycles. The molecule has 21 heavy (non-hydrogen) atoms. The normalized spacial score (nSPS) is 10.2. The number of anilines is 2. The largest absolute Gasteiger partial charge is 0.497 e. The van der Waals surface area contributed by atoms with Crippen molar-refractivity contribution in [2.75, 3.05) is 18.6 Å². The molecule has 2 rings (SSSR count). The molecular weight excluding hydrogens is 266 g/mol. The predicted molar refractivity (Wildman–Crippen MR) is 83.8 cm³/mol. The van der Waals surface area contributed by atoms with Gasteiger partial charge in [-0.1, -0.05) is 17.7 Å². The lowest BCUT2D eigenvalue weighted by Crippen LogP contribution is -2.19. The van der Waals surface area contributed by atoms with E-state index in [0.717, 1.165) is 5.69 Å². The molecule has 0 saturated heterocycles. The van der Waals surface area contributed by atoms with E-state index < -0.39 is 5.97 Å². The second kappa shape index (κ2) is 6.31. The molecule has 0 unspecified atom stereocenters. The molecular formula is C17H19NO3. The highest BCUT2D eigenvalue weighted by Gasteiger charge is 2.17. The van der Waals surface area contributed by atoms with Crippen molar-refractivity contribution in [1.29, 1.82) is 0 Å². The van der Waals surface area contributed by atoms with Crippen LogP contribution in [0.5, 0.6) is 5.75 Å². The Morgan fingerprint density at radius 1 is 1.19 bits per heavy atom. The van der Waals surface area contributed by atoms with Crippen LogP contribution in [-0.2, 0) is 0 Å². The van der Waals surface area contributed by atoms with Gasteiger partial charge in [-0.3, -0.25) is 0 Å². The predicted octanol–water partition coefficient (Wildman–Crippen LogP) is 3.86. The van der Waals surface area contributed by atoms with Crippen molar-refractivity contribution in [2.24, 2.45) is 0 Å². The van der Waals surface area contributed by atoms with Crippen LogP contribution in [0.15, 0.2) is 42.5 Å².